The molecule has 1 aliphatic heterocycles. The fourth-order valence-electron chi connectivity index (χ4n) is 2.54. The molecule has 0 saturated carbocycles. The number of nitrogens with one attached hydrogen (secondary N) is 1. The lowest BCUT2D eigenvalue weighted by molar-refractivity contribution is 0.0787. The van der Waals surface area contributed by atoms with Gasteiger partial charge >= 0.3 is 0 Å². The number of aromatic nitrogens is 1. The van der Waals surface area contributed by atoms with Gasteiger partial charge in [-0.15, -0.1) is 0 Å². The molecule has 3 rings (SSSR count). The molecule has 1 saturated heterocycles. The van der Waals surface area contributed by atoms with Gasteiger partial charge in [0.15, 0.2) is 0 Å². The van der Waals surface area contributed by atoms with Gasteiger partial charge in [-0.3, -0.25) is 9.59 Å². The Kier molecular flexibility index (Phi) is 4.76. The summed E-state index contributed by atoms with van der Waals surface area (Å²) in [5, 5.41) is 2.72. The number of pyridine rings is 1. The van der Waals surface area contributed by atoms with Crippen LogP contribution in [0.4, 0.5) is 10.1 Å². The lowest BCUT2D eigenvalue weighted by Gasteiger charge is -2.14. The van der Waals surface area contributed by atoms with Crippen molar-refractivity contribution in [1.29, 1.82) is 0 Å². The standard InChI is InChI=1S/C17H15ClFN3O2/c18-12-7-6-11(19)10-15(12)21-16(23)13-4-3-5-14(20-13)17(24)22-8-1-2-9-22/h3-7,10H,1-2,8-9H2,(H,21,23). The van der Waals surface area contributed by atoms with Crippen molar-refractivity contribution in [2.45, 2.75) is 12.8 Å². The average molecular weight is 348 g/mol. The van der Waals surface area contributed by atoms with Crippen LogP contribution in [0.1, 0.15) is 33.8 Å². The van der Waals surface area contributed by atoms with Crippen molar-refractivity contribution < 1.29 is 14.0 Å². The Balaban J connectivity index is 1.79. The Bertz CT molecular complexity index is 791. The van der Waals surface area contributed by atoms with Crippen molar-refractivity contribution >= 4 is 29.1 Å². The normalized spacial score (nSPS) is 13.8. The van der Waals surface area contributed by atoms with Gasteiger partial charge in [0.05, 0.1) is 10.7 Å². The van der Waals surface area contributed by atoms with E-state index in [0.29, 0.717) is 13.1 Å². The average Bonchev–Trinajstić information content (AvgIpc) is 3.12. The first kappa shape index (κ1) is 16.4. The number of halogens is 2. The molecule has 5 nitrogen and oxygen atoms in total. The van der Waals surface area contributed by atoms with Gasteiger partial charge in [-0.25, -0.2) is 9.37 Å². The summed E-state index contributed by atoms with van der Waals surface area (Å²) in [6, 6.07) is 8.34. The Labute approximate surface area is 143 Å². The minimum Gasteiger partial charge on any atom is -0.337 e. The van der Waals surface area contributed by atoms with Gasteiger partial charge in [0.25, 0.3) is 11.8 Å². The predicted octanol–water partition coefficient (Wildman–Crippen LogP) is 3.36. The monoisotopic (exact) mass is 347 g/mol. The van der Waals surface area contributed by atoms with E-state index < -0.39 is 11.7 Å². The summed E-state index contributed by atoms with van der Waals surface area (Å²) in [4.78, 5) is 30.5. The highest BCUT2D eigenvalue weighted by molar-refractivity contribution is 6.33. The molecule has 2 aromatic rings. The first-order chi connectivity index (χ1) is 11.5. The molecular formula is C17H15ClFN3O2. The molecule has 1 fully saturated rings. The van der Waals surface area contributed by atoms with Crippen LogP contribution in [0, 0.1) is 5.82 Å². The van der Waals surface area contributed by atoms with Crippen LogP contribution < -0.4 is 5.32 Å². The number of hydrogen-bond donors (Lipinski definition) is 1. The van der Waals surface area contributed by atoms with Crippen molar-refractivity contribution in [1.82, 2.24) is 9.88 Å². The van der Waals surface area contributed by atoms with Gasteiger partial charge in [0.1, 0.15) is 17.2 Å². The molecule has 0 spiro atoms. The zero-order valence-corrected chi connectivity index (χ0v) is 13.5. The lowest BCUT2D eigenvalue weighted by Crippen LogP contribution is -2.29. The number of hydrogen-bond acceptors (Lipinski definition) is 3. The number of nitrogens with zero attached hydrogens (tertiary/aromatic N) is 2. The summed E-state index contributed by atoms with van der Waals surface area (Å²) < 4.78 is 13.3. The second-order valence-electron chi connectivity index (χ2n) is 5.49. The highest BCUT2D eigenvalue weighted by Crippen LogP contribution is 2.23. The van der Waals surface area contributed by atoms with Crippen molar-refractivity contribution in [3.8, 4) is 0 Å². The topological polar surface area (TPSA) is 62.3 Å². The number of amides is 2. The van der Waals surface area contributed by atoms with Crippen LogP contribution >= 0.6 is 11.6 Å². The number of rotatable bonds is 3. The van der Waals surface area contributed by atoms with Crippen LogP contribution in [-0.4, -0.2) is 34.8 Å². The summed E-state index contributed by atoms with van der Waals surface area (Å²) in [5.74, 6) is -1.26. The van der Waals surface area contributed by atoms with Gasteiger partial charge < -0.3 is 10.2 Å². The Hall–Kier alpha value is -2.47. The van der Waals surface area contributed by atoms with Crippen molar-refractivity contribution in [2.75, 3.05) is 18.4 Å². The van der Waals surface area contributed by atoms with E-state index >= 15 is 0 Å². The number of likely N-dealkylation sites (tertiary alicyclic amines) is 1. The molecule has 0 bridgehead atoms. The summed E-state index contributed by atoms with van der Waals surface area (Å²) in [5.41, 5.74) is 0.440. The molecular weight excluding hydrogens is 333 g/mol. The SMILES string of the molecule is O=C(Nc1cc(F)ccc1Cl)c1cccc(C(=O)N2CCCC2)n1. The molecule has 1 aromatic carbocycles. The zero-order valence-electron chi connectivity index (χ0n) is 12.8. The zero-order chi connectivity index (χ0) is 17.1. The van der Waals surface area contributed by atoms with Crippen molar-refractivity contribution in [3.05, 3.63) is 58.6 Å². The van der Waals surface area contributed by atoms with Gasteiger partial charge in [-0.1, -0.05) is 17.7 Å². The van der Waals surface area contributed by atoms with Gasteiger partial charge in [-0.2, -0.15) is 0 Å². The smallest absolute Gasteiger partial charge is 0.274 e. The molecule has 1 N–H and O–H groups in total. The fourth-order valence-corrected chi connectivity index (χ4v) is 2.71. The van der Waals surface area contributed by atoms with Crippen LogP contribution in [0.25, 0.3) is 0 Å². The maximum atomic E-state index is 13.3. The second kappa shape index (κ2) is 6.97. The van der Waals surface area contributed by atoms with Gasteiger partial charge in [-0.05, 0) is 43.2 Å². The molecule has 2 heterocycles. The van der Waals surface area contributed by atoms with Crippen molar-refractivity contribution in [3.63, 3.8) is 0 Å². The quantitative estimate of drug-likeness (QED) is 0.926. The molecule has 0 aliphatic carbocycles. The van der Waals surface area contributed by atoms with Crippen LogP contribution in [0.15, 0.2) is 36.4 Å². The largest absolute Gasteiger partial charge is 0.337 e. The molecule has 24 heavy (non-hydrogen) atoms. The third-order valence-corrected chi connectivity index (χ3v) is 4.10. The minimum absolute atomic E-state index is 0.0698. The van der Waals surface area contributed by atoms with Crippen LogP contribution in [-0.2, 0) is 0 Å². The third-order valence-electron chi connectivity index (χ3n) is 3.77. The summed E-state index contributed by atoms with van der Waals surface area (Å²) >= 11 is 5.93. The first-order valence-electron chi connectivity index (χ1n) is 7.57. The summed E-state index contributed by atoms with van der Waals surface area (Å²) in [7, 11) is 0. The Morgan fingerprint density at radius 1 is 1.12 bits per heavy atom. The van der Waals surface area contributed by atoms with E-state index in [-0.39, 0.29) is 28.0 Å². The summed E-state index contributed by atoms with van der Waals surface area (Å²) in [6.45, 7) is 1.41. The third kappa shape index (κ3) is 3.54. The van der Waals surface area contributed by atoms with E-state index in [2.05, 4.69) is 10.3 Å². The molecule has 1 aromatic heterocycles. The van der Waals surface area contributed by atoms with E-state index in [4.69, 9.17) is 11.6 Å². The van der Waals surface area contributed by atoms with Crippen LogP contribution in [0.3, 0.4) is 0 Å². The predicted molar refractivity (Wildman–Crippen MR) is 88.7 cm³/mol. The Morgan fingerprint density at radius 3 is 2.58 bits per heavy atom. The molecule has 0 radical (unpaired) electrons. The van der Waals surface area contributed by atoms with Gasteiger partial charge in [0.2, 0.25) is 0 Å². The Morgan fingerprint density at radius 2 is 1.83 bits per heavy atom. The number of benzene rings is 1. The van der Waals surface area contributed by atoms with Crippen LogP contribution in [0.5, 0.6) is 0 Å². The fraction of sp³-hybridized carbons (Fsp3) is 0.235. The highest BCUT2D eigenvalue weighted by atomic mass is 35.5. The second-order valence-corrected chi connectivity index (χ2v) is 5.89. The van der Waals surface area contributed by atoms with E-state index in [0.717, 1.165) is 18.9 Å². The molecule has 0 atom stereocenters. The van der Waals surface area contributed by atoms with E-state index in [1.807, 2.05) is 0 Å². The maximum Gasteiger partial charge on any atom is 0.274 e. The van der Waals surface area contributed by atoms with E-state index in [1.54, 1.807) is 17.0 Å². The lowest BCUT2D eigenvalue weighted by atomic mass is 10.2. The first-order valence-corrected chi connectivity index (χ1v) is 7.95. The maximum absolute atomic E-state index is 13.3. The van der Waals surface area contributed by atoms with Gasteiger partial charge in [0, 0.05) is 13.1 Å². The molecule has 1 aliphatic rings. The number of anilines is 1. The van der Waals surface area contributed by atoms with Crippen molar-refractivity contribution in [2.24, 2.45) is 0 Å². The van der Waals surface area contributed by atoms with E-state index in [1.165, 1.54) is 18.2 Å². The molecule has 124 valence electrons. The number of carbonyl (C=O) groups excluding carboxylic acids is 2. The molecule has 2 amide bonds. The minimum atomic E-state index is -0.557. The summed E-state index contributed by atoms with van der Waals surface area (Å²) in [6.07, 6.45) is 1.95. The van der Waals surface area contributed by atoms with Crippen LogP contribution in [0.2, 0.25) is 5.02 Å². The highest BCUT2D eigenvalue weighted by Gasteiger charge is 2.21. The number of carbonyl (C=O) groups is 2. The van der Waals surface area contributed by atoms with E-state index in [9.17, 15) is 14.0 Å². The molecule has 0 unspecified atom stereocenters. The molecule has 7 heteroatoms.